The molecule has 0 saturated carbocycles. The summed E-state index contributed by atoms with van der Waals surface area (Å²) in [7, 11) is 0. The highest BCUT2D eigenvalue weighted by Gasteiger charge is 2.17. The van der Waals surface area contributed by atoms with Gasteiger partial charge in [-0.15, -0.1) is 0 Å². The molecule has 110 valence electrons. The zero-order valence-electron chi connectivity index (χ0n) is 11.8. The van der Waals surface area contributed by atoms with Gasteiger partial charge in [-0.25, -0.2) is 4.79 Å². The number of nitrogens with one attached hydrogen (secondary N) is 1. The Morgan fingerprint density at radius 1 is 1.35 bits per heavy atom. The number of carbonyl (C=O) groups is 2. The van der Waals surface area contributed by atoms with E-state index in [4.69, 9.17) is 5.11 Å². The molecule has 0 aliphatic rings. The molecule has 5 heteroatoms. The molecule has 0 radical (unpaired) electrons. The van der Waals surface area contributed by atoms with Gasteiger partial charge in [-0.3, -0.25) is 4.79 Å². The van der Waals surface area contributed by atoms with E-state index in [0.717, 1.165) is 25.7 Å². The second-order valence-electron chi connectivity index (χ2n) is 4.74. The van der Waals surface area contributed by atoms with Crippen LogP contribution in [0.15, 0.2) is 22.7 Å². The Kier molecular flexibility index (Phi) is 6.71. The zero-order chi connectivity index (χ0) is 15.1. The minimum atomic E-state index is -1.02. The van der Waals surface area contributed by atoms with Crippen molar-refractivity contribution in [3.63, 3.8) is 0 Å². The van der Waals surface area contributed by atoms with Crippen molar-refractivity contribution in [2.75, 3.05) is 5.32 Å². The summed E-state index contributed by atoms with van der Waals surface area (Å²) in [5, 5.41) is 11.9. The minimum Gasteiger partial charge on any atom is -0.478 e. The number of halogens is 1. The number of anilines is 1. The lowest BCUT2D eigenvalue weighted by Gasteiger charge is -2.15. The summed E-state index contributed by atoms with van der Waals surface area (Å²) in [5.74, 6) is -1.09. The van der Waals surface area contributed by atoms with E-state index >= 15 is 0 Å². The van der Waals surface area contributed by atoms with Crippen molar-refractivity contribution in [1.82, 2.24) is 0 Å². The molecule has 0 aliphatic carbocycles. The SMILES string of the molecule is CCCCC(CC)C(=O)Nc1ccc(Br)c(C(=O)O)c1. The molecule has 2 N–H and O–H groups in total. The lowest BCUT2D eigenvalue weighted by molar-refractivity contribution is -0.120. The number of hydrogen-bond donors (Lipinski definition) is 2. The Morgan fingerprint density at radius 3 is 2.60 bits per heavy atom. The molecule has 0 heterocycles. The number of rotatable bonds is 7. The number of carboxylic acid groups (broad SMARTS) is 1. The van der Waals surface area contributed by atoms with Crippen LogP contribution in [0.3, 0.4) is 0 Å². The topological polar surface area (TPSA) is 66.4 Å². The van der Waals surface area contributed by atoms with Gasteiger partial charge in [-0.05, 0) is 47.0 Å². The first kappa shape index (κ1) is 16.7. The Balaban J connectivity index is 2.79. The number of amides is 1. The van der Waals surface area contributed by atoms with Crippen LogP contribution in [0, 0.1) is 5.92 Å². The van der Waals surface area contributed by atoms with Crippen molar-refractivity contribution in [3.8, 4) is 0 Å². The van der Waals surface area contributed by atoms with Gasteiger partial charge in [0.25, 0.3) is 0 Å². The summed E-state index contributed by atoms with van der Waals surface area (Å²) in [6, 6.07) is 4.80. The molecule has 1 aromatic rings. The Labute approximate surface area is 127 Å². The molecule has 0 aromatic heterocycles. The maximum absolute atomic E-state index is 12.1. The number of hydrogen-bond acceptors (Lipinski definition) is 2. The van der Waals surface area contributed by atoms with Gasteiger partial charge in [0.05, 0.1) is 5.56 Å². The van der Waals surface area contributed by atoms with Gasteiger partial charge in [0.2, 0.25) is 5.91 Å². The van der Waals surface area contributed by atoms with Crippen molar-refractivity contribution >= 4 is 33.5 Å². The van der Waals surface area contributed by atoms with E-state index in [0.29, 0.717) is 10.2 Å². The fourth-order valence-corrected chi connectivity index (χ4v) is 2.40. The standard InChI is InChI=1S/C15H20BrNO3/c1-3-5-6-10(4-2)14(18)17-11-7-8-13(16)12(9-11)15(19)20/h7-10H,3-6H2,1-2H3,(H,17,18)(H,19,20). The molecule has 0 fully saturated rings. The number of unbranched alkanes of at least 4 members (excludes halogenated alkanes) is 1. The maximum atomic E-state index is 12.1. The van der Waals surface area contributed by atoms with Gasteiger partial charge in [0, 0.05) is 16.1 Å². The lowest BCUT2D eigenvalue weighted by Crippen LogP contribution is -2.22. The summed E-state index contributed by atoms with van der Waals surface area (Å²) in [4.78, 5) is 23.2. The third-order valence-corrected chi connectivity index (χ3v) is 3.93. The predicted molar refractivity (Wildman–Crippen MR) is 83.0 cm³/mol. The summed E-state index contributed by atoms with van der Waals surface area (Å²) in [6.07, 6.45) is 3.73. The Hall–Kier alpha value is -1.36. The van der Waals surface area contributed by atoms with E-state index < -0.39 is 5.97 Å². The summed E-state index contributed by atoms with van der Waals surface area (Å²) < 4.78 is 0.501. The molecule has 1 amide bonds. The van der Waals surface area contributed by atoms with Crippen LogP contribution < -0.4 is 5.32 Å². The van der Waals surface area contributed by atoms with E-state index in [1.54, 1.807) is 12.1 Å². The summed E-state index contributed by atoms with van der Waals surface area (Å²) in [6.45, 7) is 4.09. The maximum Gasteiger partial charge on any atom is 0.336 e. The predicted octanol–water partition coefficient (Wildman–Crippen LogP) is 4.30. The van der Waals surface area contributed by atoms with Crippen LogP contribution in [0.25, 0.3) is 0 Å². The molecule has 1 atom stereocenters. The second-order valence-corrected chi connectivity index (χ2v) is 5.59. The van der Waals surface area contributed by atoms with Crippen LogP contribution in [-0.2, 0) is 4.79 Å². The first-order chi connectivity index (χ1) is 9.49. The highest BCUT2D eigenvalue weighted by Crippen LogP contribution is 2.22. The molecule has 0 saturated heterocycles. The van der Waals surface area contributed by atoms with Crippen LogP contribution in [0.1, 0.15) is 49.9 Å². The number of benzene rings is 1. The first-order valence-electron chi connectivity index (χ1n) is 6.83. The molecule has 1 aromatic carbocycles. The van der Waals surface area contributed by atoms with Gasteiger partial charge < -0.3 is 10.4 Å². The minimum absolute atomic E-state index is 0.0214. The Bertz CT molecular complexity index is 488. The third-order valence-electron chi connectivity index (χ3n) is 3.23. The van der Waals surface area contributed by atoms with Crippen LogP contribution in [-0.4, -0.2) is 17.0 Å². The van der Waals surface area contributed by atoms with E-state index in [1.807, 2.05) is 6.92 Å². The monoisotopic (exact) mass is 341 g/mol. The van der Waals surface area contributed by atoms with Gasteiger partial charge in [-0.2, -0.15) is 0 Å². The largest absolute Gasteiger partial charge is 0.478 e. The van der Waals surface area contributed by atoms with Gasteiger partial charge in [0.15, 0.2) is 0 Å². The molecule has 0 aliphatic heterocycles. The van der Waals surface area contributed by atoms with Gasteiger partial charge in [0.1, 0.15) is 0 Å². The highest BCUT2D eigenvalue weighted by molar-refractivity contribution is 9.10. The molecule has 1 unspecified atom stereocenters. The summed E-state index contributed by atoms with van der Waals surface area (Å²) >= 11 is 3.18. The van der Waals surface area contributed by atoms with Gasteiger partial charge in [-0.1, -0.05) is 26.7 Å². The molecule has 20 heavy (non-hydrogen) atoms. The van der Waals surface area contributed by atoms with Crippen molar-refractivity contribution < 1.29 is 14.7 Å². The average Bonchev–Trinajstić information content (AvgIpc) is 2.41. The molecule has 0 bridgehead atoms. The third kappa shape index (κ3) is 4.63. The first-order valence-corrected chi connectivity index (χ1v) is 7.62. The van der Waals surface area contributed by atoms with Crippen LogP contribution >= 0.6 is 15.9 Å². The van der Waals surface area contributed by atoms with E-state index in [-0.39, 0.29) is 17.4 Å². The second kappa shape index (κ2) is 8.04. The number of aromatic carboxylic acids is 1. The highest BCUT2D eigenvalue weighted by atomic mass is 79.9. The molecular formula is C15H20BrNO3. The van der Waals surface area contributed by atoms with Crippen molar-refractivity contribution in [2.45, 2.75) is 39.5 Å². The van der Waals surface area contributed by atoms with E-state index in [1.165, 1.54) is 6.07 Å². The van der Waals surface area contributed by atoms with Gasteiger partial charge >= 0.3 is 5.97 Å². The molecule has 0 spiro atoms. The average molecular weight is 342 g/mol. The summed E-state index contributed by atoms with van der Waals surface area (Å²) in [5.41, 5.74) is 0.662. The fourth-order valence-electron chi connectivity index (χ4n) is 1.98. The van der Waals surface area contributed by atoms with Crippen molar-refractivity contribution in [3.05, 3.63) is 28.2 Å². The van der Waals surface area contributed by atoms with Crippen molar-refractivity contribution in [1.29, 1.82) is 0 Å². The molecular weight excluding hydrogens is 322 g/mol. The number of carbonyl (C=O) groups excluding carboxylic acids is 1. The van der Waals surface area contributed by atoms with E-state index in [9.17, 15) is 9.59 Å². The zero-order valence-corrected chi connectivity index (χ0v) is 13.4. The molecule has 1 rings (SSSR count). The van der Waals surface area contributed by atoms with Crippen LogP contribution in [0.4, 0.5) is 5.69 Å². The van der Waals surface area contributed by atoms with Crippen LogP contribution in [0.2, 0.25) is 0 Å². The Morgan fingerprint density at radius 2 is 2.05 bits per heavy atom. The quantitative estimate of drug-likeness (QED) is 0.776. The molecule has 4 nitrogen and oxygen atoms in total. The van der Waals surface area contributed by atoms with E-state index in [2.05, 4.69) is 28.2 Å². The number of carboxylic acids is 1. The normalized spacial score (nSPS) is 11.9. The van der Waals surface area contributed by atoms with Crippen molar-refractivity contribution in [2.24, 2.45) is 5.92 Å². The smallest absolute Gasteiger partial charge is 0.336 e. The fraction of sp³-hybridized carbons (Fsp3) is 0.467. The van der Waals surface area contributed by atoms with Crippen LogP contribution in [0.5, 0.6) is 0 Å². The lowest BCUT2D eigenvalue weighted by atomic mass is 9.98.